The number of hydrogen-bond acceptors (Lipinski definition) is 7. The largest absolute Gasteiger partial charge is 0.440 e. The number of aromatic nitrogens is 5. The van der Waals surface area contributed by atoms with Crippen LogP contribution in [-0.4, -0.2) is 30.3 Å². The van der Waals surface area contributed by atoms with E-state index in [1.165, 1.54) is 18.2 Å². The summed E-state index contributed by atoms with van der Waals surface area (Å²) in [7, 11) is 0. The number of oxazole rings is 1. The molecule has 0 aliphatic heterocycles. The van der Waals surface area contributed by atoms with E-state index >= 15 is 0 Å². The maximum absolute atomic E-state index is 14.7. The first-order valence-electron chi connectivity index (χ1n) is 13.1. The maximum Gasteiger partial charge on any atom is 0.247 e. The molecular formula is C30H35F2N5O2. The van der Waals surface area contributed by atoms with Crippen molar-refractivity contribution < 1.29 is 18.3 Å². The fourth-order valence-corrected chi connectivity index (χ4v) is 5.10. The Kier molecular flexibility index (Phi) is 7.67. The summed E-state index contributed by atoms with van der Waals surface area (Å²) < 4.78 is 35.1. The lowest BCUT2D eigenvalue weighted by atomic mass is 9.73. The van der Waals surface area contributed by atoms with Crippen LogP contribution >= 0.6 is 0 Å². The Labute approximate surface area is 227 Å². The summed E-state index contributed by atoms with van der Waals surface area (Å²) in [5.74, 6) is -0.948. The van der Waals surface area contributed by atoms with Gasteiger partial charge in [0.25, 0.3) is 0 Å². The molecule has 39 heavy (non-hydrogen) atoms. The summed E-state index contributed by atoms with van der Waals surface area (Å²) >= 11 is 0. The van der Waals surface area contributed by atoms with Crippen molar-refractivity contribution in [3.8, 4) is 22.8 Å². The molecule has 0 radical (unpaired) electrons. The van der Waals surface area contributed by atoms with Gasteiger partial charge in [0.1, 0.15) is 34.4 Å². The normalized spacial score (nSPS) is 13.9. The van der Waals surface area contributed by atoms with E-state index in [-0.39, 0.29) is 34.4 Å². The topological polar surface area (TPSA) is 97.8 Å². The van der Waals surface area contributed by atoms with Gasteiger partial charge in [0, 0.05) is 12.1 Å². The molecule has 3 aromatic heterocycles. The van der Waals surface area contributed by atoms with Gasteiger partial charge in [-0.25, -0.2) is 18.7 Å². The Bertz CT molecular complexity index is 1470. The lowest BCUT2D eigenvalue weighted by molar-refractivity contribution is 0.0728. The van der Waals surface area contributed by atoms with Crippen molar-refractivity contribution in [1.82, 2.24) is 25.1 Å². The van der Waals surface area contributed by atoms with Gasteiger partial charge < -0.3 is 9.52 Å². The van der Waals surface area contributed by atoms with Crippen LogP contribution in [-0.2, 0) is 5.60 Å². The highest BCUT2D eigenvalue weighted by atomic mass is 19.1. The van der Waals surface area contributed by atoms with E-state index in [1.807, 2.05) is 6.92 Å². The van der Waals surface area contributed by atoms with Crippen LogP contribution in [0.4, 0.5) is 8.78 Å². The number of rotatable bonds is 7. The Morgan fingerprint density at radius 3 is 2.21 bits per heavy atom. The van der Waals surface area contributed by atoms with Gasteiger partial charge in [-0.2, -0.15) is 10.2 Å². The van der Waals surface area contributed by atoms with Gasteiger partial charge in [-0.1, -0.05) is 40.7 Å². The maximum atomic E-state index is 14.7. The molecule has 206 valence electrons. The molecule has 1 N–H and O–H groups in total. The fourth-order valence-electron chi connectivity index (χ4n) is 5.10. The van der Waals surface area contributed by atoms with E-state index in [1.54, 1.807) is 39.2 Å². The SMILES string of the molecule is CCC(c1cc(-c2c(F)cccc2F)nnc1C(C)c1cncc(-c2nc(C(C)(C)O)c(C)o2)n1)C(C)(C)C. The van der Waals surface area contributed by atoms with Crippen molar-refractivity contribution in [3.63, 3.8) is 0 Å². The van der Waals surface area contributed by atoms with E-state index in [4.69, 9.17) is 9.40 Å². The Hall–Kier alpha value is -3.59. The van der Waals surface area contributed by atoms with Gasteiger partial charge in [0.2, 0.25) is 5.89 Å². The molecule has 3 heterocycles. The average molecular weight is 536 g/mol. The van der Waals surface area contributed by atoms with Crippen LogP contribution in [0.15, 0.2) is 41.1 Å². The molecule has 1 aromatic carbocycles. The van der Waals surface area contributed by atoms with Crippen molar-refractivity contribution in [2.75, 3.05) is 0 Å². The number of benzene rings is 1. The van der Waals surface area contributed by atoms with E-state index in [0.717, 1.165) is 12.0 Å². The average Bonchev–Trinajstić information content (AvgIpc) is 3.26. The quantitative estimate of drug-likeness (QED) is 0.270. The first kappa shape index (κ1) is 28.4. The minimum atomic E-state index is -1.17. The molecule has 2 atom stereocenters. The van der Waals surface area contributed by atoms with Crippen molar-refractivity contribution in [2.45, 2.75) is 79.2 Å². The summed E-state index contributed by atoms with van der Waals surface area (Å²) in [6.07, 6.45) is 3.99. The number of aryl methyl sites for hydroxylation is 1. The predicted octanol–water partition coefficient (Wildman–Crippen LogP) is 7.09. The minimum Gasteiger partial charge on any atom is -0.440 e. The zero-order valence-electron chi connectivity index (χ0n) is 23.7. The number of aliphatic hydroxyl groups is 1. The van der Waals surface area contributed by atoms with Crippen LogP contribution in [0, 0.1) is 24.0 Å². The molecular weight excluding hydrogens is 500 g/mol. The zero-order chi connectivity index (χ0) is 28.7. The van der Waals surface area contributed by atoms with E-state index in [9.17, 15) is 13.9 Å². The zero-order valence-corrected chi connectivity index (χ0v) is 23.7. The second-order valence-electron chi connectivity index (χ2n) is 11.5. The smallest absolute Gasteiger partial charge is 0.247 e. The third-order valence-corrected chi connectivity index (χ3v) is 7.00. The van der Waals surface area contributed by atoms with E-state index in [2.05, 4.69) is 47.9 Å². The molecule has 2 unspecified atom stereocenters. The highest BCUT2D eigenvalue weighted by Crippen LogP contribution is 2.42. The molecule has 4 rings (SSSR count). The van der Waals surface area contributed by atoms with Gasteiger partial charge in [-0.05, 0) is 62.3 Å². The van der Waals surface area contributed by atoms with Crippen molar-refractivity contribution in [2.24, 2.45) is 5.41 Å². The Morgan fingerprint density at radius 1 is 0.974 bits per heavy atom. The fraction of sp³-hybridized carbons (Fsp3) is 0.433. The van der Waals surface area contributed by atoms with Crippen LogP contribution in [0.5, 0.6) is 0 Å². The summed E-state index contributed by atoms with van der Waals surface area (Å²) in [6, 6.07) is 5.51. The highest BCUT2D eigenvalue weighted by Gasteiger charge is 2.31. The van der Waals surface area contributed by atoms with Crippen LogP contribution in [0.2, 0.25) is 0 Å². The first-order chi connectivity index (χ1) is 18.2. The van der Waals surface area contributed by atoms with Crippen molar-refractivity contribution >= 4 is 0 Å². The summed E-state index contributed by atoms with van der Waals surface area (Å²) in [5.41, 5.74) is 1.59. The second kappa shape index (κ2) is 10.5. The second-order valence-corrected chi connectivity index (χ2v) is 11.5. The van der Waals surface area contributed by atoms with Crippen molar-refractivity contribution in [3.05, 3.63) is 76.7 Å². The summed E-state index contributed by atoms with van der Waals surface area (Å²) in [5, 5.41) is 19.2. The van der Waals surface area contributed by atoms with Crippen LogP contribution < -0.4 is 0 Å². The standard InChI is InChI=1S/C30H35F2N5O2/c1-9-19(29(4,5)6)18-13-22(25-20(31)11-10-12-21(25)32)36-37-26(18)16(2)23-14-33-15-24(34-23)28-35-27(17(3)39-28)30(7,8)38/h10-16,19,38H,9H2,1-8H3. The first-order valence-corrected chi connectivity index (χ1v) is 13.1. The van der Waals surface area contributed by atoms with Gasteiger partial charge in [0.05, 0.1) is 28.8 Å². The lowest BCUT2D eigenvalue weighted by Gasteiger charge is -2.32. The van der Waals surface area contributed by atoms with Crippen LogP contribution in [0.3, 0.4) is 0 Å². The molecule has 7 nitrogen and oxygen atoms in total. The molecule has 0 bridgehead atoms. The molecule has 0 saturated heterocycles. The molecule has 0 amide bonds. The number of nitrogens with zero attached hydrogens (tertiary/aromatic N) is 5. The Balaban J connectivity index is 1.83. The van der Waals surface area contributed by atoms with Crippen LogP contribution in [0.1, 0.15) is 95.1 Å². The van der Waals surface area contributed by atoms with Crippen molar-refractivity contribution in [1.29, 1.82) is 0 Å². The van der Waals surface area contributed by atoms with E-state index < -0.39 is 17.2 Å². The lowest BCUT2D eigenvalue weighted by Crippen LogP contribution is -2.21. The third-order valence-electron chi connectivity index (χ3n) is 7.00. The number of halogens is 2. The monoisotopic (exact) mass is 535 g/mol. The molecule has 0 aliphatic carbocycles. The highest BCUT2D eigenvalue weighted by molar-refractivity contribution is 5.62. The predicted molar refractivity (Wildman–Crippen MR) is 145 cm³/mol. The van der Waals surface area contributed by atoms with Gasteiger partial charge in [-0.3, -0.25) is 4.98 Å². The summed E-state index contributed by atoms with van der Waals surface area (Å²) in [6.45, 7) is 15.4. The molecule has 0 fully saturated rings. The Morgan fingerprint density at radius 2 is 1.64 bits per heavy atom. The van der Waals surface area contributed by atoms with Gasteiger partial charge in [0.15, 0.2) is 0 Å². The third kappa shape index (κ3) is 5.73. The van der Waals surface area contributed by atoms with Gasteiger partial charge >= 0.3 is 0 Å². The van der Waals surface area contributed by atoms with E-state index in [0.29, 0.717) is 28.5 Å². The van der Waals surface area contributed by atoms with Crippen LogP contribution in [0.25, 0.3) is 22.8 Å². The van der Waals surface area contributed by atoms with Gasteiger partial charge in [-0.15, -0.1) is 0 Å². The number of hydrogen-bond donors (Lipinski definition) is 1. The minimum absolute atomic E-state index is 0.0268. The molecule has 0 aliphatic rings. The summed E-state index contributed by atoms with van der Waals surface area (Å²) in [4.78, 5) is 13.6. The molecule has 0 saturated carbocycles. The molecule has 4 aromatic rings. The molecule has 0 spiro atoms. The molecule has 9 heteroatoms.